The minimum Gasteiger partial charge on any atom is -0.378 e. The molecule has 20 heavy (non-hydrogen) atoms. The maximum Gasteiger partial charge on any atom is 0.0627 e. The second kappa shape index (κ2) is 5.45. The summed E-state index contributed by atoms with van der Waals surface area (Å²) in [6, 6.07) is 5.10. The Morgan fingerprint density at radius 3 is 3.05 bits per heavy atom. The summed E-state index contributed by atoms with van der Waals surface area (Å²) in [6.07, 6.45) is 11.0. The molecule has 2 saturated heterocycles. The summed E-state index contributed by atoms with van der Waals surface area (Å²) in [5.74, 6) is 1.55. The van der Waals surface area contributed by atoms with E-state index in [1.54, 1.807) is 0 Å². The van der Waals surface area contributed by atoms with Crippen molar-refractivity contribution in [2.75, 3.05) is 19.7 Å². The van der Waals surface area contributed by atoms with E-state index < -0.39 is 0 Å². The van der Waals surface area contributed by atoms with Crippen LogP contribution in [0.3, 0.4) is 0 Å². The van der Waals surface area contributed by atoms with E-state index in [1.165, 1.54) is 50.8 Å². The van der Waals surface area contributed by atoms with Crippen LogP contribution in [0.15, 0.2) is 24.5 Å². The van der Waals surface area contributed by atoms with Gasteiger partial charge in [-0.1, -0.05) is 6.07 Å². The molecule has 1 aromatic heterocycles. The number of hydrogen-bond donors (Lipinski definition) is 0. The van der Waals surface area contributed by atoms with Crippen LogP contribution in [0.5, 0.6) is 0 Å². The molecule has 0 spiro atoms. The zero-order valence-electron chi connectivity index (χ0n) is 12.1. The predicted octanol–water partition coefficient (Wildman–Crippen LogP) is 2.83. The molecule has 0 N–H and O–H groups in total. The molecule has 0 bridgehead atoms. The van der Waals surface area contributed by atoms with E-state index in [9.17, 15) is 0 Å². The van der Waals surface area contributed by atoms with Crippen LogP contribution in [0, 0.1) is 5.92 Å². The first-order chi connectivity index (χ1) is 9.90. The molecule has 3 aliphatic rings. The van der Waals surface area contributed by atoms with Crippen molar-refractivity contribution in [3.05, 3.63) is 30.1 Å². The van der Waals surface area contributed by atoms with Gasteiger partial charge in [0.2, 0.25) is 0 Å². The van der Waals surface area contributed by atoms with E-state index in [-0.39, 0.29) is 0 Å². The fourth-order valence-electron chi connectivity index (χ4n) is 4.22. The van der Waals surface area contributed by atoms with E-state index >= 15 is 0 Å². The molecule has 2 aliphatic heterocycles. The number of rotatable bonds is 2. The van der Waals surface area contributed by atoms with Gasteiger partial charge in [0.15, 0.2) is 0 Å². The number of fused-ring (bicyclic) bond motifs is 1. The van der Waals surface area contributed by atoms with Gasteiger partial charge in [0.1, 0.15) is 0 Å². The Labute approximate surface area is 121 Å². The van der Waals surface area contributed by atoms with Crippen LogP contribution < -0.4 is 0 Å². The van der Waals surface area contributed by atoms with Gasteiger partial charge in [-0.25, -0.2) is 0 Å². The second-order valence-corrected chi connectivity index (χ2v) is 6.70. The normalized spacial score (nSPS) is 38.0. The number of nitrogens with zero attached hydrogens (tertiary/aromatic N) is 2. The number of hydrogen-bond acceptors (Lipinski definition) is 3. The molecule has 3 heterocycles. The van der Waals surface area contributed by atoms with Crippen LogP contribution in [0.4, 0.5) is 0 Å². The van der Waals surface area contributed by atoms with Crippen molar-refractivity contribution in [1.82, 2.24) is 9.88 Å². The number of piperidine rings is 1. The summed E-state index contributed by atoms with van der Waals surface area (Å²) in [5, 5.41) is 0. The predicted molar refractivity (Wildman–Crippen MR) is 78.7 cm³/mol. The van der Waals surface area contributed by atoms with Crippen molar-refractivity contribution >= 4 is 0 Å². The summed E-state index contributed by atoms with van der Waals surface area (Å²) < 4.78 is 5.92. The molecule has 0 amide bonds. The Morgan fingerprint density at radius 1 is 1.25 bits per heavy atom. The number of pyridine rings is 1. The SMILES string of the molecule is c1cncc(C2CC(N3CCC4OCCCC4C3)C2)c1. The molecular weight excluding hydrogens is 248 g/mol. The molecule has 2 atom stereocenters. The third-order valence-corrected chi connectivity index (χ3v) is 5.53. The van der Waals surface area contributed by atoms with E-state index in [0.29, 0.717) is 6.10 Å². The lowest BCUT2D eigenvalue weighted by atomic mass is 9.74. The zero-order chi connectivity index (χ0) is 13.4. The highest BCUT2D eigenvalue weighted by Gasteiger charge is 2.39. The van der Waals surface area contributed by atoms with E-state index in [2.05, 4.69) is 22.0 Å². The largest absolute Gasteiger partial charge is 0.378 e. The van der Waals surface area contributed by atoms with Crippen LogP contribution >= 0.6 is 0 Å². The first-order valence-corrected chi connectivity index (χ1v) is 8.16. The molecule has 1 aliphatic carbocycles. The summed E-state index contributed by atoms with van der Waals surface area (Å²) in [4.78, 5) is 6.99. The van der Waals surface area contributed by atoms with Crippen LogP contribution in [0.2, 0.25) is 0 Å². The molecular formula is C17H24N2O. The van der Waals surface area contributed by atoms with Crippen molar-refractivity contribution in [3.63, 3.8) is 0 Å². The van der Waals surface area contributed by atoms with Crippen molar-refractivity contribution in [2.24, 2.45) is 5.92 Å². The van der Waals surface area contributed by atoms with Gasteiger partial charge in [-0.05, 0) is 55.6 Å². The van der Waals surface area contributed by atoms with Gasteiger partial charge < -0.3 is 4.74 Å². The third kappa shape index (κ3) is 2.38. The van der Waals surface area contributed by atoms with Gasteiger partial charge in [-0.3, -0.25) is 9.88 Å². The molecule has 0 radical (unpaired) electrons. The minimum absolute atomic E-state index is 0.564. The molecule has 1 aromatic rings. The highest BCUT2D eigenvalue weighted by atomic mass is 16.5. The van der Waals surface area contributed by atoms with Gasteiger partial charge in [0.05, 0.1) is 6.10 Å². The molecule has 1 saturated carbocycles. The maximum absolute atomic E-state index is 5.92. The van der Waals surface area contributed by atoms with Crippen LogP contribution in [0.1, 0.15) is 43.6 Å². The Bertz CT molecular complexity index is 444. The van der Waals surface area contributed by atoms with Crippen LogP contribution in [-0.2, 0) is 4.74 Å². The monoisotopic (exact) mass is 272 g/mol. The van der Waals surface area contributed by atoms with Gasteiger partial charge in [0, 0.05) is 38.1 Å². The summed E-state index contributed by atoms with van der Waals surface area (Å²) in [5.41, 5.74) is 1.43. The van der Waals surface area contributed by atoms with Crippen LogP contribution in [-0.4, -0.2) is 41.7 Å². The zero-order valence-corrected chi connectivity index (χ0v) is 12.1. The average molecular weight is 272 g/mol. The maximum atomic E-state index is 5.92. The van der Waals surface area contributed by atoms with Crippen molar-refractivity contribution < 1.29 is 4.74 Å². The summed E-state index contributed by atoms with van der Waals surface area (Å²) in [6.45, 7) is 3.51. The molecule has 0 aromatic carbocycles. The molecule has 2 unspecified atom stereocenters. The quantitative estimate of drug-likeness (QED) is 0.828. The Morgan fingerprint density at radius 2 is 2.20 bits per heavy atom. The number of likely N-dealkylation sites (tertiary alicyclic amines) is 1. The summed E-state index contributed by atoms with van der Waals surface area (Å²) in [7, 11) is 0. The Balaban J connectivity index is 1.33. The minimum atomic E-state index is 0.564. The van der Waals surface area contributed by atoms with Crippen molar-refractivity contribution in [2.45, 2.75) is 50.2 Å². The van der Waals surface area contributed by atoms with E-state index in [4.69, 9.17) is 4.74 Å². The Hall–Kier alpha value is -0.930. The first-order valence-electron chi connectivity index (χ1n) is 8.16. The fraction of sp³-hybridized carbons (Fsp3) is 0.706. The topological polar surface area (TPSA) is 25.4 Å². The lowest BCUT2D eigenvalue weighted by molar-refractivity contribution is -0.0809. The smallest absolute Gasteiger partial charge is 0.0627 e. The van der Waals surface area contributed by atoms with Gasteiger partial charge in [-0.15, -0.1) is 0 Å². The fourth-order valence-corrected chi connectivity index (χ4v) is 4.22. The Kier molecular flexibility index (Phi) is 3.49. The number of ether oxygens (including phenoxy) is 1. The number of aromatic nitrogens is 1. The van der Waals surface area contributed by atoms with Crippen LogP contribution in [0.25, 0.3) is 0 Å². The standard InChI is InChI=1S/C17H24N2O/c1-3-13(11-18-6-1)15-9-16(10-15)19-7-5-17-14(12-19)4-2-8-20-17/h1,3,6,11,14-17H,2,4-5,7-10,12H2. The molecule has 3 fully saturated rings. The molecule has 4 rings (SSSR count). The second-order valence-electron chi connectivity index (χ2n) is 6.70. The first kappa shape index (κ1) is 12.8. The van der Waals surface area contributed by atoms with E-state index in [0.717, 1.165) is 24.5 Å². The van der Waals surface area contributed by atoms with Crippen molar-refractivity contribution in [3.8, 4) is 0 Å². The van der Waals surface area contributed by atoms with E-state index in [1.807, 2.05) is 12.4 Å². The summed E-state index contributed by atoms with van der Waals surface area (Å²) >= 11 is 0. The van der Waals surface area contributed by atoms with Gasteiger partial charge in [-0.2, -0.15) is 0 Å². The highest BCUT2D eigenvalue weighted by molar-refractivity contribution is 5.19. The molecule has 108 valence electrons. The third-order valence-electron chi connectivity index (χ3n) is 5.53. The molecule has 3 heteroatoms. The average Bonchev–Trinajstić information content (AvgIpc) is 2.47. The van der Waals surface area contributed by atoms with Crippen molar-refractivity contribution in [1.29, 1.82) is 0 Å². The molecule has 3 nitrogen and oxygen atoms in total. The van der Waals surface area contributed by atoms with Gasteiger partial charge in [0.25, 0.3) is 0 Å². The highest BCUT2D eigenvalue weighted by Crippen LogP contribution is 2.41. The lowest BCUT2D eigenvalue weighted by Gasteiger charge is -2.49. The van der Waals surface area contributed by atoms with Gasteiger partial charge >= 0.3 is 0 Å². The lowest BCUT2D eigenvalue weighted by Crippen LogP contribution is -2.53.